The third-order valence-corrected chi connectivity index (χ3v) is 7.82. The molecule has 3 aromatic rings. The topological polar surface area (TPSA) is 80.1 Å². The number of rotatable bonds is 9. The van der Waals surface area contributed by atoms with E-state index in [1.54, 1.807) is 19.4 Å². The number of nitrogens with zero attached hydrogens (tertiary/aromatic N) is 4. The van der Waals surface area contributed by atoms with Gasteiger partial charge in [-0.15, -0.1) is 0 Å². The molecule has 1 saturated carbocycles. The Morgan fingerprint density at radius 3 is 2.47 bits per heavy atom. The van der Waals surface area contributed by atoms with Crippen molar-refractivity contribution in [3.05, 3.63) is 70.6 Å². The number of aromatic hydroxyl groups is 1. The van der Waals surface area contributed by atoms with Gasteiger partial charge in [-0.3, -0.25) is 9.69 Å². The number of benzene rings is 2. The molecule has 8 nitrogen and oxygen atoms in total. The highest BCUT2D eigenvalue weighted by molar-refractivity contribution is 5.57. The summed E-state index contributed by atoms with van der Waals surface area (Å²) in [6.07, 6.45) is 9.18. The molecule has 0 amide bonds. The Labute approximate surface area is 224 Å². The number of piperazine rings is 1. The lowest BCUT2D eigenvalue weighted by Crippen LogP contribution is -2.46. The Balaban J connectivity index is 1.31. The van der Waals surface area contributed by atoms with Crippen molar-refractivity contribution in [1.29, 1.82) is 0 Å². The molecule has 1 saturated heterocycles. The number of ether oxygens (including phenoxy) is 2. The predicted molar refractivity (Wildman–Crippen MR) is 149 cm³/mol. The van der Waals surface area contributed by atoms with Crippen LogP contribution in [0.5, 0.6) is 17.2 Å². The molecule has 0 radical (unpaired) electrons. The molecule has 2 aromatic carbocycles. The molecule has 0 atom stereocenters. The maximum absolute atomic E-state index is 13.6. The van der Waals surface area contributed by atoms with Gasteiger partial charge in [-0.1, -0.05) is 62.4 Å². The second-order valence-corrected chi connectivity index (χ2v) is 10.3. The molecule has 8 heteroatoms. The lowest BCUT2D eigenvalue weighted by molar-refractivity contribution is 0.236. The van der Waals surface area contributed by atoms with Gasteiger partial charge in [0.2, 0.25) is 5.75 Å². The third kappa shape index (κ3) is 5.96. The van der Waals surface area contributed by atoms with Gasteiger partial charge < -0.3 is 19.5 Å². The van der Waals surface area contributed by atoms with Gasteiger partial charge in [0.05, 0.1) is 25.6 Å². The van der Waals surface area contributed by atoms with E-state index in [2.05, 4.69) is 14.9 Å². The minimum absolute atomic E-state index is 0.194. The first-order chi connectivity index (χ1) is 18.6. The Morgan fingerprint density at radius 1 is 0.974 bits per heavy atom. The highest BCUT2D eigenvalue weighted by Gasteiger charge is 2.25. The maximum atomic E-state index is 13.6. The first kappa shape index (κ1) is 26.1. The number of methoxy groups -OCH3 is 1. The average molecular weight is 519 g/mol. The summed E-state index contributed by atoms with van der Waals surface area (Å²) < 4.78 is 13.0. The Kier molecular flexibility index (Phi) is 8.48. The van der Waals surface area contributed by atoms with Crippen LogP contribution in [-0.2, 0) is 6.54 Å². The van der Waals surface area contributed by atoms with Gasteiger partial charge >= 0.3 is 5.56 Å². The largest absolute Gasteiger partial charge is 0.504 e. The fraction of sp³-hybridized carbons (Fsp3) is 0.467. The van der Waals surface area contributed by atoms with E-state index in [1.165, 1.54) is 36.8 Å². The van der Waals surface area contributed by atoms with Crippen LogP contribution < -0.4 is 19.9 Å². The molecule has 1 aromatic heterocycles. The molecule has 2 aliphatic rings. The van der Waals surface area contributed by atoms with E-state index in [9.17, 15) is 9.90 Å². The fourth-order valence-corrected chi connectivity index (χ4v) is 5.59. The summed E-state index contributed by atoms with van der Waals surface area (Å²) in [7, 11) is 1.56. The van der Waals surface area contributed by atoms with Crippen LogP contribution >= 0.6 is 0 Å². The number of para-hydroxylation sites is 2. The third-order valence-electron chi connectivity index (χ3n) is 7.82. The van der Waals surface area contributed by atoms with E-state index >= 15 is 0 Å². The lowest BCUT2D eigenvalue weighted by Gasteiger charge is -2.36. The van der Waals surface area contributed by atoms with Gasteiger partial charge in [-0.25, -0.2) is 0 Å². The fourth-order valence-electron chi connectivity index (χ4n) is 5.59. The van der Waals surface area contributed by atoms with Crippen LogP contribution in [0.3, 0.4) is 0 Å². The first-order valence-corrected chi connectivity index (χ1v) is 13.8. The Bertz CT molecular complexity index is 1250. The molecule has 38 heavy (non-hydrogen) atoms. The van der Waals surface area contributed by atoms with Crippen molar-refractivity contribution in [3.63, 3.8) is 0 Å². The van der Waals surface area contributed by atoms with Gasteiger partial charge in [0.1, 0.15) is 5.69 Å². The van der Waals surface area contributed by atoms with Crippen molar-refractivity contribution >= 4 is 5.69 Å². The van der Waals surface area contributed by atoms with Gasteiger partial charge in [-0.05, 0) is 30.5 Å². The zero-order chi connectivity index (χ0) is 26.3. The molecule has 1 N–H and O–H groups in total. The van der Waals surface area contributed by atoms with Crippen molar-refractivity contribution in [2.75, 3.05) is 44.8 Å². The van der Waals surface area contributed by atoms with Gasteiger partial charge in [0.15, 0.2) is 11.5 Å². The van der Waals surface area contributed by atoms with E-state index in [1.807, 2.05) is 42.5 Å². The van der Waals surface area contributed by atoms with Crippen molar-refractivity contribution in [2.45, 2.75) is 45.1 Å². The van der Waals surface area contributed by atoms with Crippen LogP contribution in [0.1, 0.15) is 44.1 Å². The van der Waals surface area contributed by atoms with Crippen molar-refractivity contribution in [2.24, 2.45) is 5.92 Å². The number of hydrogen-bond acceptors (Lipinski definition) is 7. The van der Waals surface area contributed by atoms with Crippen LogP contribution in [0.4, 0.5) is 5.69 Å². The summed E-state index contributed by atoms with van der Waals surface area (Å²) in [6.45, 7) is 4.23. The molecular formula is C30H38N4O4. The van der Waals surface area contributed by atoms with E-state index in [0.29, 0.717) is 30.6 Å². The SMILES string of the molecule is COc1cccc(CN2CCN(c3cnn(-c4ccccc4)c(=O)c3OCCC3CCCCC3)CC2)c1O. The predicted octanol–water partition coefficient (Wildman–Crippen LogP) is 4.62. The van der Waals surface area contributed by atoms with Crippen molar-refractivity contribution in [1.82, 2.24) is 14.7 Å². The quantitative estimate of drug-likeness (QED) is 0.443. The second kappa shape index (κ2) is 12.3. The summed E-state index contributed by atoms with van der Waals surface area (Å²) in [5.41, 5.74) is 2.11. The average Bonchev–Trinajstić information content (AvgIpc) is 2.96. The second-order valence-electron chi connectivity index (χ2n) is 10.3. The van der Waals surface area contributed by atoms with Crippen LogP contribution in [-0.4, -0.2) is 59.7 Å². The monoisotopic (exact) mass is 518 g/mol. The number of hydrogen-bond donors (Lipinski definition) is 1. The summed E-state index contributed by atoms with van der Waals surface area (Å²) in [5, 5.41) is 15.0. The molecule has 0 unspecified atom stereocenters. The lowest BCUT2D eigenvalue weighted by atomic mass is 9.87. The van der Waals surface area contributed by atoms with E-state index < -0.39 is 0 Å². The first-order valence-electron chi connectivity index (χ1n) is 13.8. The van der Waals surface area contributed by atoms with Crippen LogP contribution in [0.25, 0.3) is 5.69 Å². The Hall–Kier alpha value is -3.52. The summed E-state index contributed by atoms with van der Waals surface area (Å²) >= 11 is 0. The van der Waals surface area contributed by atoms with Crippen LogP contribution in [0.2, 0.25) is 0 Å². The molecular weight excluding hydrogens is 480 g/mol. The van der Waals surface area contributed by atoms with Crippen molar-refractivity contribution in [3.8, 4) is 22.9 Å². The van der Waals surface area contributed by atoms with Crippen LogP contribution in [0, 0.1) is 5.92 Å². The summed E-state index contributed by atoms with van der Waals surface area (Å²) in [6, 6.07) is 15.1. The minimum atomic E-state index is -0.221. The molecule has 1 aliphatic heterocycles. The molecule has 0 spiro atoms. The molecule has 2 heterocycles. The highest BCUT2D eigenvalue weighted by Crippen LogP contribution is 2.32. The highest BCUT2D eigenvalue weighted by atomic mass is 16.5. The van der Waals surface area contributed by atoms with E-state index in [4.69, 9.17) is 9.47 Å². The molecule has 5 rings (SSSR count). The van der Waals surface area contributed by atoms with E-state index in [0.717, 1.165) is 49.5 Å². The van der Waals surface area contributed by atoms with Gasteiger partial charge in [0, 0.05) is 38.3 Å². The normalized spacial score (nSPS) is 16.9. The number of anilines is 1. The standard InChI is InChI=1S/C30H38N4O4/c1-37-27-14-8-11-24(28(27)35)22-32-16-18-33(19-17-32)26-21-31-34(25-12-6-3-7-13-25)30(36)29(26)38-20-15-23-9-4-2-5-10-23/h3,6-8,11-14,21,23,35H,2,4-5,9-10,15-20,22H2,1H3. The molecule has 2 fully saturated rings. The Morgan fingerprint density at radius 2 is 1.74 bits per heavy atom. The zero-order valence-electron chi connectivity index (χ0n) is 22.2. The smallest absolute Gasteiger partial charge is 0.316 e. The zero-order valence-corrected chi connectivity index (χ0v) is 22.2. The maximum Gasteiger partial charge on any atom is 0.316 e. The molecule has 1 aliphatic carbocycles. The van der Waals surface area contributed by atoms with Crippen molar-refractivity contribution < 1.29 is 14.6 Å². The summed E-state index contributed by atoms with van der Waals surface area (Å²) in [4.78, 5) is 18.1. The van der Waals surface area contributed by atoms with E-state index in [-0.39, 0.29) is 11.3 Å². The minimum Gasteiger partial charge on any atom is -0.504 e. The number of aromatic nitrogens is 2. The summed E-state index contributed by atoms with van der Waals surface area (Å²) in [5.74, 6) is 1.75. The van der Waals surface area contributed by atoms with Gasteiger partial charge in [-0.2, -0.15) is 9.78 Å². The van der Waals surface area contributed by atoms with Crippen LogP contribution in [0.15, 0.2) is 59.5 Å². The molecule has 0 bridgehead atoms. The number of phenolic OH excluding ortho intramolecular Hbond substituents is 1. The molecule has 202 valence electrons. The van der Waals surface area contributed by atoms with Gasteiger partial charge in [0.25, 0.3) is 0 Å². The number of phenols is 1.